The molecule has 2 N–H and O–H groups in total. The highest BCUT2D eigenvalue weighted by Crippen LogP contribution is 2.23. The first kappa shape index (κ1) is 18.1. The SMILES string of the molecule is Cc1ccc(NC(=O)C(C)Nc2ccc(-c3csc(C)n3)cc2)c(C)c1. The number of nitrogens with zero attached hydrogens (tertiary/aromatic N) is 1. The first-order valence-corrected chi connectivity index (χ1v) is 9.47. The third-order valence-corrected chi connectivity index (χ3v) is 4.99. The van der Waals surface area contributed by atoms with Crippen molar-refractivity contribution in [3.8, 4) is 11.3 Å². The predicted octanol–water partition coefficient (Wildman–Crippen LogP) is 5.17. The van der Waals surface area contributed by atoms with E-state index in [-0.39, 0.29) is 11.9 Å². The van der Waals surface area contributed by atoms with Crippen LogP contribution in [0.2, 0.25) is 0 Å². The maximum absolute atomic E-state index is 12.5. The van der Waals surface area contributed by atoms with Crippen molar-refractivity contribution < 1.29 is 4.79 Å². The summed E-state index contributed by atoms with van der Waals surface area (Å²) >= 11 is 1.64. The summed E-state index contributed by atoms with van der Waals surface area (Å²) in [5.74, 6) is -0.0591. The van der Waals surface area contributed by atoms with E-state index in [0.717, 1.165) is 33.2 Å². The zero-order valence-corrected chi connectivity index (χ0v) is 16.3. The lowest BCUT2D eigenvalue weighted by atomic mass is 10.1. The Morgan fingerprint density at radius 2 is 1.81 bits per heavy atom. The van der Waals surface area contributed by atoms with Crippen LogP contribution in [0.5, 0.6) is 0 Å². The zero-order chi connectivity index (χ0) is 18.7. The number of benzene rings is 2. The third-order valence-electron chi connectivity index (χ3n) is 4.22. The molecule has 1 atom stereocenters. The van der Waals surface area contributed by atoms with E-state index < -0.39 is 0 Å². The number of nitrogens with one attached hydrogen (secondary N) is 2. The maximum atomic E-state index is 12.5. The first-order valence-electron chi connectivity index (χ1n) is 8.59. The van der Waals surface area contributed by atoms with E-state index in [2.05, 4.69) is 27.1 Å². The summed E-state index contributed by atoms with van der Waals surface area (Å²) in [4.78, 5) is 17.0. The molecule has 2 aromatic carbocycles. The van der Waals surface area contributed by atoms with Gasteiger partial charge in [-0.2, -0.15) is 0 Å². The molecule has 0 fully saturated rings. The van der Waals surface area contributed by atoms with Crippen LogP contribution in [0.25, 0.3) is 11.3 Å². The van der Waals surface area contributed by atoms with Crippen LogP contribution < -0.4 is 10.6 Å². The van der Waals surface area contributed by atoms with Crippen LogP contribution in [0, 0.1) is 20.8 Å². The fourth-order valence-corrected chi connectivity index (χ4v) is 3.37. The summed E-state index contributed by atoms with van der Waals surface area (Å²) in [5, 5.41) is 9.34. The molecule has 1 aromatic heterocycles. The molecular weight excluding hydrogens is 342 g/mol. The van der Waals surface area contributed by atoms with E-state index in [1.54, 1.807) is 11.3 Å². The second-order valence-corrected chi connectivity index (χ2v) is 7.56. The molecule has 0 aliphatic rings. The predicted molar refractivity (Wildman–Crippen MR) is 110 cm³/mol. The molecule has 0 spiro atoms. The minimum absolute atomic E-state index is 0.0591. The molecular formula is C21H23N3OS. The molecule has 0 saturated heterocycles. The summed E-state index contributed by atoms with van der Waals surface area (Å²) in [5.41, 5.74) is 6.06. The lowest BCUT2D eigenvalue weighted by Crippen LogP contribution is -2.32. The van der Waals surface area contributed by atoms with Gasteiger partial charge in [-0.15, -0.1) is 11.3 Å². The minimum atomic E-state index is -0.344. The second-order valence-electron chi connectivity index (χ2n) is 6.50. The average Bonchev–Trinajstić information content (AvgIpc) is 3.04. The van der Waals surface area contributed by atoms with Gasteiger partial charge in [0, 0.05) is 22.3 Å². The molecule has 1 heterocycles. The highest BCUT2D eigenvalue weighted by atomic mass is 32.1. The van der Waals surface area contributed by atoms with Gasteiger partial charge in [-0.25, -0.2) is 4.98 Å². The van der Waals surface area contributed by atoms with Gasteiger partial charge in [-0.3, -0.25) is 4.79 Å². The molecule has 1 amide bonds. The highest BCUT2D eigenvalue weighted by molar-refractivity contribution is 7.09. The van der Waals surface area contributed by atoms with Crippen LogP contribution in [0.4, 0.5) is 11.4 Å². The van der Waals surface area contributed by atoms with Crippen molar-refractivity contribution in [2.24, 2.45) is 0 Å². The topological polar surface area (TPSA) is 54.0 Å². The van der Waals surface area contributed by atoms with Crippen molar-refractivity contribution in [3.63, 3.8) is 0 Å². The Morgan fingerprint density at radius 1 is 1.08 bits per heavy atom. The minimum Gasteiger partial charge on any atom is -0.374 e. The number of thiazole rings is 1. The van der Waals surface area contributed by atoms with Crippen LogP contribution in [0.3, 0.4) is 0 Å². The highest BCUT2D eigenvalue weighted by Gasteiger charge is 2.14. The maximum Gasteiger partial charge on any atom is 0.246 e. The number of rotatable bonds is 5. The number of carbonyl (C=O) groups excluding carboxylic acids is 1. The number of hydrogen-bond donors (Lipinski definition) is 2. The Kier molecular flexibility index (Phi) is 5.38. The van der Waals surface area contributed by atoms with Crippen molar-refractivity contribution in [2.75, 3.05) is 10.6 Å². The normalized spacial score (nSPS) is 11.8. The number of amides is 1. The number of aromatic nitrogens is 1. The Morgan fingerprint density at radius 3 is 2.42 bits per heavy atom. The van der Waals surface area contributed by atoms with Crippen LogP contribution >= 0.6 is 11.3 Å². The Labute approximate surface area is 158 Å². The molecule has 0 aliphatic heterocycles. The molecule has 0 radical (unpaired) electrons. The summed E-state index contributed by atoms with van der Waals surface area (Å²) in [7, 11) is 0. The van der Waals surface area contributed by atoms with E-state index in [1.807, 2.05) is 64.1 Å². The molecule has 0 aliphatic carbocycles. The molecule has 134 valence electrons. The van der Waals surface area contributed by atoms with Gasteiger partial charge in [-0.05, 0) is 51.5 Å². The van der Waals surface area contributed by atoms with Crippen molar-refractivity contribution in [2.45, 2.75) is 33.7 Å². The molecule has 3 rings (SSSR count). The van der Waals surface area contributed by atoms with Crippen LogP contribution in [-0.4, -0.2) is 16.9 Å². The van der Waals surface area contributed by atoms with Gasteiger partial charge in [0.15, 0.2) is 0 Å². The molecule has 4 nitrogen and oxygen atoms in total. The van der Waals surface area contributed by atoms with Gasteiger partial charge in [0.1, 0.15) is 6.04 Å². The van der Waals surface area contributed by atoms with Crippen LogP contribution in [0.15, 0.2) is 47.8 Å². The summed E-state index contributed by atoms with van der Waals surface area (Å²) in [6.45, 7) is 7.90. The largest absolute Gasteiger partial charge is 0.374 e. The Hall–Kier alpha value is -2.66. The summed E-state index contributed by atoms with van der Waals surface area (Å²) < 4.78 is 0. The number of anilines is 2. The molecule has 0 bridgehead atoms. The Balaban J connectivity index is 1.63. The van der Waals surface area contributed by atoms with E-state index in [0.29, 0.717) is 0 Å². The van der Waals surface area contributed by atoms with E-state index >= 15 is 0 Å². The third kappa shape index (κ3) is 4.29. The summed E-state index contributed by atoms with van der Waals surface area (Å²) in [6, 6.07) is 13.7. The zero-order valence-electron chi connectivity index (χ0n) is 15.5. The number of aryl methyl sites for hydroxylation is 3. The monoisotopic (exact) mass is 365 g/mol. The summed E-state index contributed by atoms with van der Waals surface area (Å²) in [6.07, 6.45) is 0. The lowest BCUT2D eigenvalue weighted by Gasteiger charge is -2.16. The van der Waals surface area contributed by atoms with Gasteiger partial charge >= 0.3 is 0 Å². The van der Waals surface area contributed by atoms with Gasteiger partial charge in [0.2, 0.25) is 5.91 Å². The fraction of sp³-hybridized carbons (Fsp3) is 0.238. The van der Waals surface area contributed by atoms with Crippen molar-refractivity contribution in [1.29, 1.82) is 0 Å². The van der Waals surface area contributed by atoms with Gasteiger partial charge in [-0.1, -0.05) is 29.8 Å². The number of hydrogen-bond acceptors (Lipinski definition) is 4. The van der Waals surface area contributed by atoms with E-state index in [9.17, 15) is 4.79 Å². The molecule has 1 unspecified atom stereocenters. The van der Waals surface area contributed by atoms with Gasteiger partial charge < -0.3 is 10.6 Å². The lowest BCUT2D eigenvalue weighted by molar-refractivity contribution is -0.116. The van der Waals surface area contributed by atoms with Crippen LogP contribution in [-0.2, 0) is 4.79 Å². The van der Waals surface area contributed by atoms with E-state index in [1.165, 1.54) is 5.56 Å². The Bertz CT molecular complexity index is 915. The quantitative estimate of drug-likeness (QED) is 0.655. The average molecular weight is 366 g/mol. The standard InChI is InChI=1S/C21H23N3OS/c1-13-5-10-19(14(2)11-13)24-21(25)15(3)22-18-8-6-17(7-9-18)20-12-26-16(4)23-20/h5-12,15,22H,1-4H3,(H,24,25). The molecule has 3 aromatic rings. The van der Waals surface area contributed by atoms with Gasteiger partial charge in [0.25, 0.3) is 0 Å². The van der Waals surface area contributed by atoms with Crippen molar-refractivity contribution >= 4 is 28.6 Å². The van der Waals surface area contributed by atoms with E-state index in [4.69, 9.17) is 0 Å². The van der Waals surface area contributed by atoms with Crippen molar-refractivity contribution in [3.05, 3.63) is 64.0 Å². The van der Waals surface area contributed by atoms with Crippen molar-refractivity contribution in [1.82, 2.24) is 4.98 Å². The smallest absolute Gasteiger partial charge is 0.246 e. The van der Waals surface area contributed by atoms with Gasteiger partial charge in [0.05, 0.1) is 10.7 Å². The van der Waals surface area contributed by atoms with Crippen LogP contribution in [0.1, 0.15) is 23.1 Å². The fourth-order valence-electron chi connectivity index (χ4n) is 2.74. The number of carbonyl (C=O) groups is 1. The molecule has 0 saturated carbocycles. The first-order chi connectivity index (χ1) is 12.4. The molecule has 5 heteroatoms. The second kappa shape index (κ2) is 7.70. The molecule has 26 heavy (non-hydrogen) atoms.